The highest BCUT2D eigenvalue weighted by molar-refractivity contribution is 7.89. The molecule has 2 fully saturated rings. The Kier molecular flexibility index (Phi) is 6.64. The van der Waals surface area contributed by atoms with Crippen LogP contribution in [0.3, 0.4) is 0 Å². The molecule has 3 aliphatic rings. The minimum atomic E-state index is -3.91. The molecule has 6 rings (SSSR count). The molecule has 0 radical (unpaired) electrons. The van der Waals surface area contributed by atoms with Gasteiger partial charge >= 0.3 is 0 Å². The maximum Gasteiger partial charge on any atom is 0.257 e. The van der Waals surface area contributed by atoms with Gasteiger partial charge in [-0.3, -0.25) is 14.5 Å². The Morgan fingerprint density at radius 3 is 2.60 bits per heavy atom. The van der Waals surface area contributed by atoms with Crippen LogP contribution in [0.15, 0.2) is 35.2 Å². The van der Waals surface area contributed by atoms with E-state index in [2.05, 4.69) is 20.0 Å². The first-order valence-corrected chi connectivity index (χ1v) is 15.5. The van der Waals surface area contributed by atoms with Gasteiger partial charge in [-0.1, -0.05) is 17.4 Å². The number of sulfonamides is 1. The van der Waals surface area contributed by atoms with E-state index >= 15 is 0 Å². The van der Waals surface area contributed by atoms with Crippen LogP contribution >= 0.6 is 11.3 Å². The predicted molar refractivity (Wildman–Crippen MR) is 151 cm³/mol. The van der Waals surface area contributed by atoms with E-state index in [1.807, 2.05) is 19.9 Å². The summed E-state index contributed by atoms with van der Waals surface area (Å²) < 4.78 is 28.5. The van der Waals surface area contributed by atoms with Crippen LogP contribution in [0.1, 0.15) is 47.8 Å². The molecule has 0 bridgehead atoms. The molecule has 4 heterocycles. The second-order valence-corrected chi connectivity index (χ2v) is 13.3. The summed E-state index contributed by atoms with van der Waals surface area (Å²) in [7, 11) is -2.56. The van der Waals surface area contributed by atoms with Crippen molar-refractivity contribution in [2.45, 2.75) is 56.7 Å². The predicted octanol–water partition coefficient (Wildman–Crippen LogP) is 3.02. The van der Waals surface area contributed by atoms with Crippen LogP contribution in [0.5, 0.6) is 0 Å². The number of aromatic nitrogens is 2. The number of aryl methyl sites for hydroxylation is 1. The minimum absolute atomic E-state index is 0.0212. The SMILES string of the molecule is CNS(=O)(=O)c1cc(-c2sc(Nc3cccc(N4CC[C@@H](O)C4=O)n3)nc2C)cc2c1C(=O)N(C(C)C1CC1)C2. The highest BCUT2D eigenvalue weighted by atomic mass is 32.2. The Bertz CT molecular complexity index is 1630. The molecule has 1 unspecified atom stereocenters. The van der Waals surface area contributed by atoms with Gasteiger partial charge < -0.3 is 15.3 Å². The Morgan fingerprint density at radius 1 is 1.15 bits per heavy atom. The molecule has 13 heteroatoms. The number of nitrogens with one attached hydrogen (secondary N) is 2. The van der Waals surface area contributed by atoms with Gasteiger partial charge in [0.1, 0.15) is 17.7 Å². The molecular weight excluding hydrogens is 552 g/mol. The molecular formula is C27H30N6O5S2. The lowest BCUT2D eigenvalue weighted by molar-refractivity contribution is -0.124. The number of anilines is 3. The second-order valence-electron chi connectivity index (χ2n) is 10.5. The molecule has 1 saturated heterocycles. The number of rotatable bonds is 8. The van der Waals surface area contributed by atoms with E-state index in [4.69, 9.17) is 0 Å². The number of carbonyl (C=O) groups is 2. The van der Waals surface area contributed by atoms with Gasteiger partial charge in [0, 0.05) is 25.6 Å². The lowest BCUT2D eigenvalue weighted by Gasteiger charge is -2.24. The molecule has 2 atom stereocenters. The van der Waals surface area contributed by atoms with Crippen molar-refractivity contribution in [2.24, 2.45) is 5.92 Å². The Morgan fingerprint density at radius 2 is 1.93 bits per heavy atom. The maximum atomic E-state index is 13.4. The van der Waals surface area contributed by atoms with Crippen molar-refractivity contribution in [2.75, 3.05) is 23.8 Å². The first-order valence-electron chi connectivity index (χ1n) is 13.2. The number of aliphatic hydroxyl groups excluding tert-OH is 1. The number of fused-ring (bicyclic) bond motifs is 1. The summed E-state index contributed by atoms with van der Waals surface area (Å²) in [5.74, 6) is 0.766. The van der Waals surface area contributed by atoms with Crippen molar-refractivity contribution in [1.82, 2.24) is 19.6 Å². The molecule has 1 aliphatic carbocycles. The minimum Gasteiger partial charge on any atom is -0.383 e. The molecule has 11 nitrogen and oxygen atoms in total. The van der Waals surface area contributed by atoms with E-state index in [-0.39, 0.29) is 28.3 Å². The first kappa shape index (κ1) is 26.8. The van der Waals surface area contributed by atoms with Gasteiger partial charge in [0.15, 0.2) is 5.13 Å². The average Bonchev–Trinajstić information content (AvgIpc) is 3.55. The van der Waals surface area contributed by atoms with Gasteiger partial charge in [-0.2, -0.15) is 0 Å². The molecule has 2 aliphatic heterocycles. The number of aliphatic hydroxyl groups is 1. The third-order valence-electron chi connectivity index (χ3n) is 7.84. The van der Waals surface area contributed by atoms with Crippen LogP contribution in [-0.2, 0) is 21.4 Å². The zero-order chi connectivity index (χ0) is 28.3. The highest BCUT2D eigenvalue weighted by Crippen LogP contribution is 2.42. The van der Waals surface area contributed by atoms with Crippen molar-refractivity contribution >= 4 is 49.9 Å². The average molecular weight is 583 g/mol. The van der Waals surface area contributed by atoms with Crippen LogP contribution in [0.2, 0.25) is 0 Å². The van der Waals surface area contributed by atoms with Crippen LogP contribution in [0.4, 0.5) is 16.8 Å². The normalized spacial score (nSPS) is 19.9. The molecule has 0 spiro atoms. The zero-order valence-electron chi connectivity index (χ0n) is 22.3. The standard InChI is InChI=1S/C27H30N6O5S2/c1-14-24(39-27(29-14)31-21-5-4-6-22(30-21)32-10-9-19(34)25(32)35)17-11-18-13-33(15(2)16-7-8-16)26(36)23(18)20(12-17)40(37,38)28-3/h4-6,11-12,15-16,19,28,34H,7-10,13H2,1-3H3,(H,29,30,31)/t15?,19-/m1/s1. The van der Waals surface area contributed by atoms with Crippen LogP contribution in [-0.4, -0.2) is 65.9 Å². The third kappa shape index (κ3) is 4.66. The largest absolute Gasteiger partial charge is 0.383 e. The fourth-order valence-electron chi connectivity index (χ4n) is 5.42. The third-order valence-corrected chi connectivity index (χ3v) is 10.4. The quantitative estimate of drug-likeness (QED) is 0.368. The molecule has 2 aromatic heterocycles. The topological polar surface area (TPSA) is 145 Å². The van der Waals surface area contributed by atoms with Gasteiger partial charge in [-0.05, 0) is 75.0 Å². The smallest absolute Gasteiger partial charge is 0.257 e. The summed E-state index contributed by atoms with van der Waals surface area (Å²) in [5.41, 5.74) is 2.30. The number of pyridine rings is 1. The van der Waals surface area contributed by atoms with E-state index < -0.39 is 16.1 Å². The fourth-order valence-corrected chi connectivity index (χ4v) is 7.37. The number of hydrogen-bond donors (Lipinski definition) is 3. The molecule has 40 heavy (non-hydrogen) atoms. The number of amides is 2. The number of hydrogen-bond acceptors (Lipinski definition) is 9. The van der Waals surface area contributed by atoms with Crippen LogP contribution < -0.4 is 14.9 Å². The van der Waals surface area contributed by atoms with Gasteiger partial charge in [-0.25, -0.2) is 23.1 Å². The lowest BCUT2D eigenvalue weighted by atomic mass is 10.0. The number of nitrogens with zero attached hydrogens (tertiary/aromatic N) is 4. The van der Waals surface area contributed by atoms with Crippen molar-refractivity contribution in [3.63, 3.8) is 0 Å². The summed E-state index contributed by atoms with van der Waals surface area (Å²) in [5, 5.41) is 13.5. The summed E-state index contributed by atoms with van der Waals surface area (Å²) in [6.45, 7) is 4.64. The highest BCUT2D eigenvalue weighted by Gasteiger charge is 2.41. The number of carbonyl (C=O) groups excluding carboxylic acids is 2. The Balaban J connectivity index is 1.33. The molecule has 1 aromatic carbocycles. The van der Waals surface area contributed by atoms with E-state index in [1.54, 1.807) is 29.2 Å². The summed E-state index contributed by atoms with van der Waals surface area (Å²) in [4.78, 5) is 38.8. The molecule has 2 amide bonds. The lowest BCUT2D eigenvalue weighted by Crippen LogP contribution is -2.35. The van der Waals surface area contributed by atoms with Crippen molar-refractivity contribution in [3.8, 4) is 10.4 Å². The van der Waals surface area contributed by atoms with Gasteiger partial charge in [0.05, 0.1) is 21.0 Å². The first-order chi connectivity index (χ1) is 19.1. The van der Waals surface area contributed by atoms with Crippen molar-refractivity contribution < 1.29 is 23.1 Å². The molecule has 3 aromatic rings. The monoisotopic (exact) mass is 582 g/mol. The van der Waals surface area contributed by atoms with Crippen molar-refractivity contribution in [1.29, 1.82) is 0 Å². The van der Waals surface area contributed by atoms with Crippen LogP contribution in [0.25, 0.3) is 10.4 Å². The zero-order valence-corrected chi connectivity index (χ0v) is 24.0. The number of thiazole rings is 1. The number of benzene rings is 1. The van der Waals surface area contributed by atoms with Crippen molar-refractivity contribution in [3.05, 3.63) is 47.2 Å². The second kappa shape index (κ2) is 9.91. The van der Waals surface area contributed by atoms with Gasteiger partial charge in [0.2, 0.25) is 10.0 Å². The Labute approximate surface area is 236 Å². The van der Waals surface area contributed by atoms with Crippen LogP contribution in [0, 0.1) is 12.8 Å². The molecule has 1 saturated carbocycles. The Hall–Kier alpha value is -3.39. The molecule has 210 valence electrons. The van der Waals surface area contributed by atoms with Gasteiger partial charge in [0.25, 0.3) is 11.8 Å². The summed E-state index contributed by atoms with van der Waals surface area (Å²) >= 11 is 1.35. The molecule has 3 N–H and O–H groups in total. The summed E-state index contributed by atoms with van der Waals surface area (Å²) in [6.07, 6.45) is 1.52. The summed E-state index contributed by atoms with van der Waals surface area (Å²) in [6, 6.07) is 8.74. The van der Waals surface area contributed by atoms with E-state index in [9.17, 15) is 23.1 Å². The maximum absolute atomic E-state index is 13.4. The van der Waals surface area contributed by atoms with E-state index in [0.29, 0.717) is 59.0 Å². The van der Waals surface area contributed by atoms with E-state index in [1.165, 1.54) is 23.3 Å². The van der Waals surface area contributed by atoms with E-state index in [0.717, 1.165) is 17.7 Å². The fraction of sp³-hybridized carbons (Fsp3) is 0.407. The van der Waals surface area contributed by atoms with Gasteiger partial charge in [-0.15, -0.1) is 0 Å².